The van der Waals surface area contributed by atoms with Crippen LogP contribution in [0, 0.1) is 24.0 Å². The smallest absolute Gasteiger partial charge is 0.272 e. The van der Waals surface area contributed by atoms with Gasteiger partial charge in [0.2, 0.25) is 5.91 Å². The quantitative estimate of drug-likeness (QED) is 0.663. The van der Waals surface area contributed by atoms with Gasteiger partial charge in [-0.15, -0.1) is 0 Å². The molecule has 0 radical (unpaired) electrons. The normalized spacial score (nSPS) is 10.1. The van der Waals surface area contributed by atoms with Gasteiger partial charge in [0.05, 0.1) is 4.92 Å². The van der Waals surface area contributed by atoms with Crippen LogP contribution in [0.2, 0.25) is 0 Å². The van der Waals surface area contributed by atoms with Crippen molar-refractivity contribution in [3.8, 4) is 0 Å². The van der Waals surface area contributed by atoms with E-state index in [9.17, 15) is 19.7 Å². The predicted octanol–water partition coefficient (Wildman–Crippen LogP) is 3.42. The van der Waals surface area contributed by atoms with Crippen LogP contribution in [0.5, 0.6) is 0 Å². The minimum atomic E-state index is -0.485. The van der Waals surface area contributed by atoms with E-state index < -0.39 is 4.92 Å². The average Bonchev–Trinajstić information content (AvgIpc) is 2.49. The average molecular weight is 327 g/mol. The molecule has 0 saturated carbocycles. The molecule has 7 heteroatoms. The number of nitrogens with one attached hydrogen (secondary N) is 2. The molecule has 0 aliphatic heterocycles. The number of carbonyl (C=O) groups excluding carboxylic acids is 2. The first-order valence-corrected chi connectivity index (χ1v) is 7.22. The second kappa shape index (κ2) is 6.91. The molecule has 24 heavy (non-hydrogen) atoms. The molecule has 0 saturated heterocycles. The van der Waals surface area contributed by atoms with Gasteiger partial charge < -0.3 is 10.6 Å². The third kappa shape index (κ3) is 3.95. The number of carbonyl (C=O) groups is 2. The molecule has 7 nitrogen and oxygen atoms in total. The van der Waals surface area contributed by atoms with Gasteiger partial charge in [-0.25, -0.2) is 0 Å². The highest BCUT2D eigenvalue weighted by Gasteiger charge is 2.14. The summed E-state index contributed by atoms with van der Waals surface area (Å²) in [5.41, 5.74) is 2.78. The maximum absolute atomic E-state index is 12.3. The highest BCUT2D eigenvalue weighted by atomic mass is 16.6. The molecule has 0 atom stereocenters. The Bertz CT molecular complexity index is 831. The first-order chi connectivity index (χ1) is 11.3. The van der Waals surface area contributed by atoms with Gasteiger partial charge in [0, 0.05) is 35.5 Å². The summed E-state index contributed by atoms with van der Waals surface area (Å²) in [5, 5.41) is 16.2. The zero-order valence-electron chi connectivity index (χ0n) is 13.5. The molecule has 2 aromatic carbocycles. The van der Waals surface area contributed by atoms with E-state index in [4.69, 9.17) is 0 Å². The van der Waals surface area contributed by atoms with Crippen LogP contribution < -0.4 is 10.6 Å². The molecule has 2 aromatic rings. The number of benzene rings is 2. The zero-order valence-corrected chi connectivity index (χ0v) is 13.5. The van der Waals surface area contributed by atoms with E-state index in [0.717, 1.165) is 5.56 Å². The Kier molecular flexibility index (Phi) is 4.93. The Morgan fingerprint density at radius 3 is 2.25 bits per heavy atom. The summed E-state index contributed by atoms with van der Waals surface area (Å²) < 4.78 is 0. The van der Waals surface area contributed by atoms with Gasteiger partial charge in [0.15, 0.2) is 0 Å². The van der Waals surface area contributed by atoms with E-state index in [1.54, 1.807) is 25.1 Å². The lowest BCUT2D eigenvalue weighted by molar-refractivity contribution is -0.385. The van der Waals surface area contributed by atoms with E-state index in [1.807, 2.05) is 6.92 Å². The Balaban J connectivity index is 2.18. The number of aryl methyl sites for hydroxylation is 2. The van der Waals surface area contributed by atoms with Crippen LogP contribution in [0.1, 0.15) is 28.4 Å². The number of nitro groups is 1. The number of amides is 2. The predicted molar refractivity (Wildman–Crippen MR) is 91.3 cm³/mol. The molecule has 0 spiro atoms. The number of anilines is 2. The maximum atomic E-state index is 12.3. The maximum Gasteiger partial charge on any atom is 0.272 e. The standard InChI is InChI=1S/C17H17N3O4/c1-10-9-14(5-6-15(10)18-12(3)21)19-17(22)13-4-7-16(20(23)24)11(2)8-13/h4-9H,1-3H3,(H,18,21)(H,19,22). The van der Waals surface area contributed by atoms with Crippen LogP contribution in [0.15, 0.2) is 36.4 Å². The number of nitro benzene ring substituents is 1. The lowest BCUT2D eigenvalue weighted by Gasteiger charge is -2.10. The zero-order chi connectivity index (χ0) is 17.9. The molecule has 2 N–H and O–H groups in total. The monoisotopic (exact) mass is 327 g/mol. The number of rotatable bonds is 4. The van der Waals surface area contributed by atoms with Crippen LogP contribution in [0.3, 0.4) is 0 Å². The molecule has 2 rings (SSSR count). The minimum absolute atomic E-state index is 0.0259. The second-order valence-corrected chi connectivity index (χ2v) is 5.42. The molecule has 124 valence electrons. The highest BCUT2D eigenvalue weighted by Crippen LogP contribution is 2.22. The number of hydrogen-bond donors (Lipinski definition) is 2. The van der Waals surface area contributed by atoms with Gasteiger partial charge in [0.25, 0.3) is 11.6 Å². The van der Waals surface area contributed by atoms with Crippen molar-refractivity contribution in [3.63, 3.8) is 0 Å². The van der Waals surface area contributed by atoms with Crippen molar-refractivity contribution in [1.82, 2.24) is 0 Å². The van der Waals surface area contributed by atoms with E-state index >= 15 is 0 Å². The molecule has 2 amide bonds. The van der Waals surface area contributed by atoms with Gasteiger partial charge in [-0.1, -0.05) is 0 Å². The van der Waals surface area contributed by atoms with Crippen molar-refractivity contribution in [3.05, 3.63) is 63.2 Å². The molecular weight excluding hydrogens is 310 g/mol. The van der Waals surface area contributed by atoms with Crippen LogP contribution >= 0.6 is 0 Å². The Morgan fingerprint density at radius 2 is 1.71 bits per heavy atom. The summed E-state index contributed by atoms with van der Waals surface area (Å²) in [6, 6.07) is 9.32. The van der Waals surface area contributed by atoms with Gasteiger partial charge in [0.1, 0.15) is 0 Å². The van der Waals surface area contributed by atoms with Crippen molar-refractivity contribution in [2.24, 2.45) is 0 Å². The molecule has 0 aromatic heterocycles. The second-order valence-electron chi connectivity index (χ2n) is 5.42. The van der Waals surface area contributed by atoms with E-state index in [1.165, 1.54) is 25.1 Å². The Hall–Kier alpha value is -3.22. The number of nitrogens with zero attached hydrogens (tertiary/aromatic N) is 1. The van der Waals surface area contributed by atoms with Crippen LogP contribution in [-0.4, -0.2) is 16.7 Å². The molecule has 0 aliphatic rings. The molecule has 0 bridgehead atoms. The van der Waals surface area contributed by atoms with E-state index in [2.05, 4.69) is 10.6 Å². The third-order valence-electron chi connectivity index (χ3n) is 3.45. The van der Waals surface area contributed by atoms with Crippen molar-refractivity contribution >= 4 is 28.9 Å². The van der Waals surface area contributed by atoms with Crippen molar-refractivity contribution in [1.29, 1.82) is 0 Å². The molecule has 0 unspecified atom stereocenters. The molecule has 0 fully saturated rings. The van der Waals surface area contributed by atoms with Gasteiger partial charge >= 0.3 is 0 Å². The van der Waals surface area contributed by atoms with E-state index in [-0.39, 0.29) is 17.5 Å². The number of hydrogen-bond acceptors (Lipinski definition) is 4. The first-order valence-electron chi connectivity index (χ1n) is 7.22. The summed E-state index contributed by atoms with van der Waals surface area (Å²) in [5.74, 6) is -0.532. The fourth-order valence-electron chi connectivity index (χ4n) is 2.28. The SMILES string of the molecule is CC(=O)Nc1ccc(NC(=O)c2ccc([N+](=O)[O-])c(C)c2)cc1C. The fourth-order valence-corrected chi connectivity index (χ4v) is 2.28. The summed E-state index contributed by atoms with van der Waals surface area (Å²) >= 11 is 0. The van der Waals surface area contributed by atoms with Crippen LogP contribution in [-0.2, 0) is 4.79 Å². The van der Waals surface area contributed by atoms with Crippen LogP contribution in [0.4, 0.5) is 17.1 Å². The topological polar surface area (TPSA) is 101 Å². The first kappa shape index (κ1) is 17.1. The van der Waals surface area contributed by atoms with Gasteiger partial charge in [-0.05, 0) is 49.7 Å². The van der Waals surface area contributed by atoms with Crippen LogP contribution in [0.25, 0.3) is 0 Å². The van der Waals surface area contributed by atoms with Gasteiger partial charge in [-0.3, -0.25) is 19.7 Å². The van der Waals surface area contributed by atoms with Gasteiger partial charge in [-0.2, -0.15) is 0 Å². The highest BCUT2D eigenvalue weighted by molar-refractivity contribution is 6.04. The van der Waals surface area contributed by atoms with Crippen molar-refractivity contribution < 1.29 is 14.5 Å². The lowest BCUT2D eigenvalue weighted by Crippen LogP contribution is -2.13. The minimum Gasteiger partial charge on any atom is -0.326 e. The van der Waals surface area contributed by atoms with E-state index in [0.29, 0.717) is 22.5 Å². The molecule has 0 heterocycles. The summed E-state index contributed by atoms with van der Waals surface area (Å²) in [6.07, 6.45) is 0. The summed E-state index contributed by atoms with van der Waals surface area (Å²) in [6.45, 7) is 4.82. The van der Waals surface area contributed by atoms with Crippen molar-refractivity contribution in [2.45, 2.75) is 20.8 Å². The summed E-state index contributed by atoms with van der Waals surface area (Å²) in [7, 11) is 0. The Labute approximate surface area is 138 Å². The van der Waals surface area contributed by atoms with Crippen molar-refractivity contribution in [2.75, 3.05) is 10.6 Å². The largest absolute Gasteiger partial charge is 0.326 e. The summed E-state index contributed by atoms with van der Waals surface area (Å²) in [4.78, 5) is 33.7. The lowest BCUT2D eigenvalue weighted by atomic mass is 10.1. The third-order valence-corrected chi connectivity index (χ3v) is 3.45. The fraction of sp³-hybridized carbons (Fsp3) is 0.176. The Morgan fingerprint density at radius 1 is 1.00 bits per heavy atom. The molecule has 0 aliphatic carbocycles. The molecular formula is C17H17N3O4.